The van der Waals surface area contributed by atoms with Crippen molar-refractivity contribution in [1.29, 1.82) is 0 Å². The fourth-order valence-electron chi connectivity index (χ4n) is 3.45. The largest absolute Gasteiger partial charge is 0.325 e. The molecule has 0 fully saturated rings. The maximum absolute atomic E-state index is 14.4. The quantitative estimate of drug-likeness (QED) is 0.648. The predicted molar refractivity (Wildman–Crippen MR) is 117 cm³/mol. The van der Waals surface area contributed by atoms with Crippen molar-refractivity contribution in [3.05, 3.63) is 77.8 Å². The van der Waals surface area contributed by atoms with Gasteiger partial charge in [0.05, 0.1) is 6.54 Å². The lowest BCUT2D eigenvalue weighted by Crippen LogP contribution is -2.29. The van der Waals surface area contributed by atoms with Gasteiger partial charge in [0.2, 0.25) is 5.91 Å². The molecule has 0 bridgehead atoms. The molecule has 30 heavy (non-hydrogen) atoms. The molecule has 6 heteroatoms. The van der Waals surface area contributed by atoms with Crippen molar-refractivity contribution >= 4 is 17.5 Å². The SMILES string of the molecule is C=C1C(C)=C(CCCNCC(=O)Nc2ccc(-c3ccccc3)c(F)c2)C(=O)N1C. The third kappa shape index (κ3) is 4.83. The fourth-order valence-corrected chi connectivity index (χ4v) is 3.45. The molecule has 3 rings (SSSR count). The summed E-state index contributed by atoms with van der Waals surface area (Å²) in [5.41, 5.74) is 4.15. The van der Waals surface area contributed by atoms with Crippen LogP contribution in [0.4, 0.5) is 10.1 Å². The Morgan fingerprint density at radius 1 is 1.17 bits per heavy atom. The van der Waals surface area contributed by atoms with Crippen molar-refractivity contribution in [2.24, 2.45) is 0 Å². The highest BCUT2D eigenvalue weighted by Crippen LogP contribution is 2.29. The number of carbonyl (C=O) groups excluding carboxylic acids is 2. The average Bonchev–Trinajstić information content (AvgIpc) is 2.92. The zero-order valence-corrected chi connectivity index (χ0v) is 17.3. The van der Waals surface area contributed by atoms with Crippen LogP contribution in [0.5, 0.6) is 0 Å². The number of carbonyl (C=O) groups is 2. The zero-order chi connectivity index (χ0) is 21.7. The minimum atomic E-state index is -0.386. The van der Waals surface area contributed by atoms with E-state index in [1.807, 2.05) is 37.3 Å². The molecule has 0 saturated carbocycles. The first-order chi connectivity index (χ1) is 14.4. The molecule has 5 nitrogen and oxygen atoms in total. The van der Waals surface area contributed by atoms with E-state index in [0.717, 1.165) is 28.8 Å². The molecule has 1 heterocycles. The van der Waals surface area contributed by atoms with Crippen LogP contribution < -0.4 is 10.6 Å². The van der Waals surface area contributed by atoms with Crippen LogP contribution in [-0.2, 0) is 9.59 Å². The molecule has 0 aliphatic carbocycles. The van der Waals surface area contributed by atoms with E-state index in [-0.39, 0.29) is 24.2 Å². The van der Waals surface area contributed by atoms with Gasteiger partial charge in [-0.05, 0) is 55.6 Å². The van der Waals surface area contributed by atoms with E-state index in [4.69, 9.17) is 0 Å². The van der Waals surface area contributed by atoms with Gasteiger partial charge < -0.3 is 15.5 Å². The third-order valence-corrected chi connectivity index (χ3v) is 5.26. The van der Waals surface area contributed by atoms with Crippen LogP contribution in [0.15, 0.2) is 72.0 Å². The molecule has 2 amide bonds. The summed E-state index contributed by atoms with van der Waals surface area (Å²) >= 11 is 0. The first kappa shape index (κ1) is 21.5. The van der Waals surface area contributed by atoms with Crippen molar-refractivity contribution in [3.8, 4) is 11.1 Å². The first-order valence-corrected chi connectivity index (χ1v) is 9.91. The second-order valence-corrected chi connectivity index (χ2v) is 7.30. The molecule has 0 atom stereocenters. The van der Waals surface area contributed by atoms with E-state index in [2.05, 4.69) is 17.2 Å². The summed E-state index contributed by atoms with van der Waals surface area (Å²) in [6, 6.07) is 13.9. The number of hydrogen-bond donors (Lipinski definition) is 2. The van der Waals surface area contributed by atoms with Gasteiger partial charge in [-0.15, -0.1) is 0 Å². The Bertz CT molecular complexity index is 999. The van der Waals surface area contributed by atoms with Crippen LogP contribution in [0.2, 0.25) is 0 Å². The number of likely N-dealkylation sites (N-methyl/N-ethyl adjacent to an activating group) is 1. The van der Waals surface area contributed by atoms with E-state index in [1.165, 1.54) is 6.07 Å². The van der Waals surface area contributed by atoms with Gasteiger partial charge in [0.25, 0.3) is 5.91 Å². The zero-order valence-electron chi connectivity index (χ0n) is 17.3. The van der Waals surface area contributed by atoms with Crippen LogP contribution in [0, 0.1) is 5.82 Å². The van der Waals surface area contributed by atoms with Gasteiger partial charge in [-0.25, -0.2) is 4.39 Å². The second-order valence-electron chi connectivity index (χ2n) is 7.30. The Morgan fingerprint density at radius 2 is 1.90 bits per heavy atom. The molecular formula is C24H26FN3O2. The standard InChI is InChI=1S/C24H26FN3O2/c1-16-17(2)28(3)24(30)20(16)10-7-13-26-15-23(29)27-19-11-12-21(22(25)14-19)18-8-5-4-6-9-18/h4-6,8-9,11-12,14,26H,2,7,10,13,15H2,1,3H3,(H,27,29). The van der Waals surface area contributed by atoms with Crippen LogP contribution >= 0.6 is 0 Å². The highest BCUT2D eigenvalue weighted by atomic mass is 19.1. The molecule has 2 aromatic carbocycles. The predicted octanol–water partition coefficient (Wildman–Crippen LogP) is 4.10. The lowest BCUT2D eigenvalue weighted by molar-refractivity contribution is -0.123. The van der Waals surface area contributed by atoms with Gasteiger partial charge in [-0.2, -0.15) is 0 Å². The third-order valence-electron chi connectivity index (χ3n) is 5.26. The second kappa shape index (κ2) is 9.50. The summed E-state index contributed by atoms with van der Waals surface area (Å²) in [5, 5.41) is 5.75. The van der Waals surface area contributed by atoms with Crippen LogP contribution in [0.3, 0.4) is 0 Å². The Labute approximate surface area is 176 Å². The van der Waals surface area contributed by atoms with E-state index in [0.29, 0.717) is 24.2 Å². The smallest absolute Gasteiger partial charge is 0.254 e. The lowest BCUT2D eigenvalue weighted by atomic mass is 10.0. The maximum atomic E-state index is 14.4. The topological polar surface area (TPSA) is 61.4 Å². The Hall–Kier alpha value is -3.25. The van der Waals surface area contributed by atoms with E-state index < -0.39 is 0 Å². The molecule has 156 valence electrons. The monoisotopic (exact) mass is 407 g/mol. The van der Waals surface area contributed by atoms with Gasteiger partial charge in [0.15, 0.2) is 0 Å². The minimum absolute atomic E-state index is 0.00350. The maximum Gasteiger partial charge on any atom is 0.254 e. The van der Waals surface area contributed by atoms with Crippen molar-refractivity contribution < 1.29 is 14.0 Å². The number of hydrogen-bond acceptors (Lipinski definition) is 3. The fraction of sp³-hybridized carbons (Fsp3) is 0.250. The Balaban J connectivity index is 1.44. The van der Waals surface area contributed by atoms with Crippen LogP contribution in [0.1, 0.15) is 19.8 Å². The van der Waals surface area contributed by atoms with Crippen LogP contribution in [-0.4, -0.2) is 36.9 Å². The number of allylic oxidation sites excluding steroid dienone is 1. The molecular weight excluding hydrogens is 381 g/mol. The molecule has 2 aromatic rings. The summed E-state index contributed by atoms with van der Waals surface area (Å²) in [7, 11) is 1.72. The molecule has 0 aromatic heterocycles. The minimum Gasteiger partial charge on any atom is -0.325 e. The highest BCUT2D eigenvalue weighted by Gasteiger charge is 2.27. The molecule has 0 spiro atoms. The molecule has 0 unspecified atom stereocenters. The van der Waals surface area contributed by atoms with Gasteiger partial charge in [-0.1, -0.05) is 36.9 Å². The number of nitrogens with one attached hydrogen (secondary N) is 2. The number of amides is 2. The van der Waals surface area contributed by atoms with Gasteiger partial charge >= 0.3 is 0 Å². The summed E-state index contributed by atoms with van der Waals surface area (Å²) in [6.07, 6.45) is 1.36. The van der Waals surface area contributed by atoms with Crippen LogP contribution in [0.25, 0.3) is 11.1 Å². The Kier molecular flexibility index (Phi) is 6.79. The Morgan fingerprint density at radius 3 is 2.53 bits per heavy atom. The number of anilines is 1. The summed E-state index contributed by atoms with van der Waals surface area (Å²) in [6.45, 7) is 6.51. The molecule has 0 radical (unpaired) electrons. The number of rotatable bonds is 8. The van der Waals surface area contributed by atoms with Gasteiger partial charge in [0, 0.05) is 29.6 Å². The lowest BCUT2D eigenvalue weighted by Gasteiger charge is -2.10. The van der Waals surface area contributed by atoms with Crippen molar-refractivity contribution in [1.82, 2.24) is 10.2 Å². The molecule has 0 saturated heterocycles. The molecule has 2 N–H and O–H groups in total. The normalized spacial score (nSPS) is 13.9. The van der Waals surface area contributed by atoms with Crippen molar-refractivity contribution in [2.75, 3.05) is 25.5 Å². The highest BCUT2D eigenvalue weighted by molar-refractivity contribution is 5.99. The van der Waals surface area contributed by atoms with E-state index >= 15 is 0 Å². The summed E-state index contributed by atoms with van der Waals surface area (Å²) < 4.78 is 14.4. The average molecular weight is 407 g/mol. The summed E-state index contributed by atoms with van der Waals surface area (Å²) in [5.74, 6) is -0.637. The number of benzene rings is 2. The van der Waals surface area contributed by atoms with Crippen molar-refractivity contribution in [3.63, 3.8) is 0 Å². The number of halogens is 1. The molecule has 1 aliphatic rings. The molecule has 1 aliphatic heterocycles. The van der Waals surface area contributed by atoms with E-state index in [9.17, 15) is 14.0 Å². The number of nitrogens with zero attached hydrogens (tertiary/aromatic N) is 1. The van der Waals surface area contributed by atoms with Gasteiger partial charge in [-0.3, -0.25) is 9.59 Å². The first-order valence-electron chi connectivity index (χ1n) is 9.91. The van der Waals surface area contributed by atoms with Crippen molar-refractivity contribution in [2.45, 2.75) is 19.8 Å². The van der Waals surface area contributed by atoms with Gasteiger partial charge in [0.1, 0.15) is 5.82 Å². The van der Waals surface area contributed by atoms with E-state index in [1.54, 1.807) is 24.1 Å². The summed E-state index contributed by atoms with van der Waals surface area (Å²) in [4.78, 5) is 25.8.